The van der Waals surface area contributed by atoms with Crippen LogP contribution in [-0.4, -0.2) is 72.6 Å². The highest BCUT2D eigenvalue weighted by atomic mass is 32.2. The van der Waals surface area contributed by atoms with Crippen molar-refractivity contribution < 1.29 is 37.1 Å². The summed E-state index contributed by atoms with van der Waals surface area (Å²) in [6.45, 7) is 1.17. The number of amides is 5. The number of nitrogens with zero attached hydrogens (tertiary/aromatic N) is 4. The van der Waals surface area contributed by atoms with E-state index in [2.05, 4.69) is 20.9 Å². The number of imide groups is 1. The smallest absolute Gasteiger partial charge is 0.329 e. The Morgan fingerprint density at radius 3 is 2.46 bits per heavy atom. The maximum atomic E-state index is 15.4. The second-order valence-corrected chi connectivity index (χ2v) is 14.2. The maximum absolute atomic E-state index is 15.4. The van der Waals surface area contributed by atoms with Crippen molar-refractivity contribution in [3.63, 3.8) is 0 Å². The monoisotopic (exact) mass is 708 g/mol. The number of hydrogen-bond acceptors (Lipinski definition) is 9. The molecule has 16 nitrogen and oxygen atoms in total. The van der Waals surface area contributed by atoms with Crippen LogP contribution in [0.1, 0.15) is 31.7 Å². The summed E-state index contributed by atoms with van der Waals surface area (Å²) in [5.74, 6) is -3.20. The number of benzene rings is 3. The molecule has 5 amide bonds. The summed E-state index contributed by atoms with van der Waals surface area (Å²) in [6.07, 6.45) is 2.01. The molecule has 0 radical (unpaired) electrons. The van der Waals surface area contributed by atoms with E-state index in [1.165, 1.54) is 27.3 Å². The molecule has 0 saturated carbocycles. The molecule has 50 heavy (non-hydrogen) atoms. The van der Waals surface area contributed by atoms with Crippen molar-refractivity contribution in [1.29, 1.82) is 0 Å². The summed E-state index contributed by atoms with van der Waals surface area (Å²) in [4.78, 5) is 63.8. The van der Waals surface area contributed by atoms with E-state index >= 15 is 4.39 Å². The van der Waals surface area contributed by atoms with Gasteiger partial charge in [0, 0.05) is 49.9 Å². The standard InChI is InChI=1S/C32H33FN8O8S/c1-38-24-14-20(3-5-22(24)41(32(38)47)23-6-7-26(43)36-30(23)45)39-10-8-17(9-11-39)15-34-31(46)35-19-2-4-21-18(12-19)13-25(42)29(28(21)33)40-16-27(44)37-50(40,48)49/h2-5,12-14,17,23,42H,6-11,15-16H2,1H3,(H,37,44)(H2,34,35,46)(H,36,43,45). The molecule has 1 unspecified atom stereocenters. The number of carbonyl (C=O) groups excluding carboxylic acids is 4. The fourth-order valence-electron chi connectivity index (χ4n) is 6.88. The largest absolute Gasteiger partial charge is 0.506 e. The average Bonchev–Trinajstić information content (AvgIpc) is 3.48. The van der Waals surface area contributed by atoms with Gasteiger partial charge in [-0.15, -0.1) is 0 Å². The fraction of sp³-hybridized carbons (Fsp3) is 0.344. The third kappa shape index (κ3) is 5.84. The molecule has 18 heteroatoms. The van der Waals surface area contributed by atoms with Gasteiger partial charge >= 0.3 is 21.9 Å². The third-order valence-corrected chi connectivity index (χ3v) is 10.9. The molecule has 262 valence electrons. The summed E-state index contributed by atoms with van der Waals surface area (Å²) >= 11 is 0. The molecule has 0 spiro atoms. The number of fused-ring (bicyclic) bond motifs is 2. The minimum atomic E-state index is -4.34. The van der Waals surface area contributed by atoms with Gasteiger partial charge in [0.2, 0.25) is 11.8 Å². The van der Waals surface area contributed by atoms with Crippen molar-refractivity contribution in [3.05, 3.63) is 58.8 Å². The zero-order valence-corrected chi connectivity index (χ0v) is 27.5. The average molecular weight is 709 g/mol. The fourth-order valence-corrected chi connectivity index (χ4v) is 8.05. The van der Waals surface area contributed by atoms with Crippen molar-refractivity contribution in [3.8, 4) is 5.75 Å². The van der Waals surface area contributed by atoms with Crippen LogP contribution in [0, 0.1) is 11.7 Å². The number of phenolic OH excluding ortho intramolecular Hbond substituents is 1. The quantitative estimate of drug-likeness (QED) is 0.184. The summed E-state index contributed by atoms with van der Waals surface area (Å²) < 4.78 is 44.9. The minimum absolute atomic E-state index is 0.0154. The van der Waals surface area contributed by atoms with Gasteiger partial charge in [-0.3, -0.25) is 28.8 Å². The number of nitrogens with one attached hydrogen (secondary N) is 4. The van der Waals surface area contributed by atoms with Gasteiger partial charge in [0.25, 0.3) is 5.91 Å². The normalized spacial score (nSPS) is 19.6. The Hall–Kier alpha value is -5.65. The number of anilines is 3. The van der Waals surface area contributed by atoms with E-state index in [4.69, 9.17) is 0 Å². The van der Waals surface area contributed by atoms with Crippen LogP contribution >= 0.6 is 0 Å². The van der Waals surface area contributed by atoms with E-state index in [9.17, 15) is 37.5 Å². The maximum Gasteiger partial charge on any atom is 0.329 e. The van der Waals surface area contributed by atoms with Gasteiger partial charge in [0.1, 0.15) is 24.0 Å². The first-order valence-corrected chi connectivity index (χ1v) is 17.4. The lowest BCUT2D eigenvalue weighted by molar-refractivity contribution is -0.135. The van der Waals surface area contributed by atoms with E-state index in [0.29, 0.717) is 40.7 Å². The number of piperidine rings is 2. The van der Waals surface area contributed by atoms with Crippen LogP contribution in [0.25, 0.3) is 21.8 Å². The Bertz CT molecular complexity index is 2280. The highest BCUT2D eigenvalue weighted by Crippen LogP contribution is 2.39. The summed E-state index contributed by atoms with van der Waals surface area (Å²) in [5, 5.41) is 18.5. The topological polar surface area (TPSA) is 204 Å². The number of aromatic hydroxyl groups is 1. The number of aryl methyl sites for hydroxylation is 1. The van der Waals surface area contributed by atoms with Crippen molar-refractivity contribution in [2.45, 2.75) is 31.7 Å². The number of aromatic nitrogens is 2. The predicted molar refractivity (Wildman–Crippen MR) is 181 cm³/mol. The number of phenols is 1. The van der Waals surface area contributed by atoms with Gasteiger partial charge in [-0.05, 0) is 73.0 Å². The van der Waals surface area contributed by atoms with Crippen LogP contribution in [0.4, 0.5) is 26.2 Å². The summed E-state index contributed by atoms with van der Waals surface area (Å²) in [7, 11) is -2.69. The van der Waals surface area contributed by atoms with Crippen molar-refractivity contribution in [2.24, 2.45) is 13.0 Å². The Labute approximate surface area is 284 Å². The highest BCUT2D eigenvalue weighted by Gasteiger charge is 2.38. The Morgan fingerprint density at radius 2 is 1.76 bits per heavy atom. The lowest BCUT2D eigenvalue weighted by Gasteiger charge is -2.33. The van der Waals surface area contributed by atoms with Crippen LogP contribution in [0.2, 0.25) is 0 Å². The van der Waals surface area contributed by atoms with Gasteiger partial charge in [-0.1, -0.05) is 0 Å². The molecule has 3 saturated heterocycles. The van der Waals surface area contributed by atoms with E-state index < -0.39 is 57.9 Å². The lowest BCUT2D eigenvalue weighted by atomic mass is 9.96. The van der Waals surface area contributed by atoms with E-state index in [-0.39, 0.29) is 41.1 Å². The summed E-state index contributed by atoms with van der Waals surface area (Å²) in [5.41, 5.74) is 1.57. The molecule has 0 aliphatic carbocycles. The number of hydrogen-bond donors (Lipinski definition) is 5. The number of rotatable bonds is 6. The first-order chi connectivity index (χ1) is 23.8. The zero-order valence-electron chi connectivity index (χ0n) is 26.7. The molecule has 1 atom stereocenters. The molecule has 3 aliphatic heterocycles. The molecule has 1 aromatic heterocycles. The molecule has 5 N–H and O–H groups in total. The Kier molecular flexibility index (Phi) is 8.12. The van der Waals surface area contributed by atoms with Crippen LogP contribution in [0.15, 0.2) is 47.3 Å². The van der Waals surface area contributed by atoms with Gasteiger partial charge in [0.05, 0.1) is 11.0 Å². The van der Waals surface area contributed by atoms with Crippen LogP contribution < -0.4 is 35.6 Å². The predicted octanol–water partition coefficient (Wildman–Crippen LogP) is 1.53. The molecule has 0 bridgehead atoms. The zero-order chi connectivity index (χ0) is 35.5. The van der Waals surface area contributed by atoms with Crippen molar-refractivity contribution in [1.82, 2.24) is 24.5 Å². The van der Waals surface area contributed by atoms with E-state index in [0.717, 1.165) is 24.6 Å². The SMILES string of the molecule is Cn1c(=O)n(C2CCC(=O)NC2=O)c2ccc(N3CCC(CNC(=O)Nc4ccc5c(F)c(N6CC(=O)NS6(=O)=O)c(O)cc5c4)CC3)cc21. The van der Waals surface area contributed by atoms with Crippen LogP contribution in [0.5, 0.6) is 5.75 Å². The number of urea groups is 1. The molecular formula is C32H33FN8O8S. The second-order valence-electron chi connectivity index (χ2n) is 12.6. The van der Waals surface area contributed by atoms with Gasteiger partial charge < -0.3 is 20.6 Å². The molecule has 7 rings (SSSR count). The highest BCUT2D eigenvalue weighted by molar-refractivity contribution is 7.92. The molecule has 3 aliphatic rings. The van der Waals surface area contributed by atoms with Crippen LogP contribution in [0.3, 0.4) is 0 Å². The number of halogens is 1. The van der Waals surface area contributed by atoms with E-state index in [1.54, 1.807) is 11.8 Å². The minimum Gasteiger partial charge on any atom is -0.506 e. The number of carbonyl (C=O) groups is 4. The first-order valence-electron chi connectivity index (χ1n) is 15.9. The van der Waals surface area contributed by atoms with Crippen molar-refractivity contribution >= 4 is 72.8 Å². The third-order valence-electron chi connectivity index (χ3n) is 9.48. The number of imidazole rings is 1. The molecule has 4 aromatic rings. The molecule has 4 heterocycles. The van der Waals surface area contributed by atoms with Crippen molar-refractivity contribution in [2.75, 3.05) is 40.7 Å². The van der Waals surface area contributed by atoms with Gasteiger partial charge in [-0.25, -0.2) is 23.0 Å². The second kappa shape index (κ2) is 12.3. The molecule has 3 fully saturated rings. The summed E-state index contributed by atoms with van der Waals surface area (Å²) in [6, 6.07) is 9.82. The first kappa shape index (κ1) is 32.9. The molecule has 3 aromatic carbocycles. The van der Waals surface area contributed by atoms with Crippen LogP contribution in [-0.2, 0) is 31.6 Å². The Morgan fingerprint density at radius 1 is 1.00 bits per heavy atom. The van der Waals surface area contributed by atoms with E-state index in [1.807, 2.05) is 18.2 Å². The lowest BCUT2D eigenvalue weighted by Crippen LogP contribution is -2.44. The van der Waals surface area contributed by atoms with Gasteiger partial charge in [0.15, 0.2) is 5.82 Å². The Balaban J connectivity index is 0.958. The van der Waals surface area contributed by atoms with Gasteiger partial charge in [-0.2, -0.15) is 8.42 Å². The molecular weight excluding hydrogens is 675 g/mol.